The van der Waals surface area contributed by atoms with Crippen molar-refractivity contribution in [2.45, 2.75) is 51.6 Å². The minimum absolute atomic E-state index is 0.0216. The number of amides is 2. The van der Waals surface area contributed by atoms with E-state index >= 15 is 0 Å². The molecule has 0 saturated heterocycles. The SMILES string of the molecule is Cc1ccc(CN(C(=O)CSCc2ccccc2Cl)[C@@H](Cc2ccccc2)C(=O)NC(C)C)cc1. The number of benzene rings is 3. The maximum Gasteiger partial charge on any atom is 0.243 e. The number of halogens is 1. The predicted octanol–water partition coefficient (Wildman–Crippen LogP) is 6.05. The summed E-state index contributed by atoms with van der Waals surface area (Å²) in [6.45, 7) is 6.27. The van der Waals surface area contributed by atoms with E-state index in [0.717, 1.165) is 22.3 Å². The highest BCUT2D eigenvalue weighted by Gasteiger charge is 2.30. The standard InChI is InChI=1S/C29H33ClN2O2S/c1-21(2)31-29(34)27(17-23-9-5-4-6-10-23)32(18-24-15-13-22(3)14-16-24)28(33)20-35-19-25-11-7-8-12-26(25)30/h4-16,21,27H,17-20H2,1-3H3,(H,31,34)/t27-/m0/s1. The molecule has 1 N–H and O–H groups in total. The maximum atomic E-state index is 13.6. The van der Waals surface area contributed by atoms with E-state index in [2.05, 4.69) is 5.32 Å². The molecular formula is C29H33ClN2O2S. The van der Waals surface area contributed by atoms with Crippen LogP contribution < -0.4 is 5.32 Å². The van der Waals surface area contributed by atoms with Crippen LogP contribution in [0.1, 0.15) is 36.1 Å². The molecule has 184 valence electrons. The molecule has 4 nitrogen and oxygen atoms in total. The Morgan fingerprint density at radius 3 is 2.23 bits per heavy atom. The van der Waals surface area contributed by atoms with Gasteiger partial charge in [-0.25, -0.2) is 0 Å². The third-order valence-electron chi connectivity index (χ3n) is 5.62. The lowest BCUT2D eigenvalue weighted by Gasteiger charge is -2.32. The third kappa shape index (κ3) is 8.44. The lowest BCUT2D eigenvalue weighted by Crippen LogP contribution is -2.52. The number of nitrogens with zero attached hydrogens (tertiary/aromatic N) is 1. The van der Waals surface area contributed by atoms with Crippen LogP contribution in [0.4, 0.5) is 0 Å². The van der Waals surface area contributed by atoms with Crippen molar-refractivity contribution in [1.29, 1.82) is 0 Å². The number of hydrogen-bond acceptors (Lipinski definition) is 3. The number of rotatable bonds is 11. The maximum absolute atomic E-state index is 13.6. The van der Waals surface area contributed by atoms with Gasteiger partial charge in [0.25, 0.3) is 0 Å². The zero-order valence-electron chi connectivity index (χ0n) is 20.5. The van der Waals surface area contributed by atoms with Crippen molar-refractivity contribution in [3.63, 3.8) is 0 Å². The van der Waals surface area contributed by atoms with Gasteiger partial charge in [-0.05, 0) is 43.5 Å². The Kier molecular flexibility index (Phi) is 10.2. The van der Waals surface area contributed by atoms with Gasteiger partial charge >= 0.3 is 0 Å². The number of aryl methyl sites for hydroxylation is 1. The molecule has 0 aromatic heterocycles. The second-order valence-corrected chi connectivity index (χ2v) is 10.4. The van der Waals surface area contributed by atoms with E-state index in [1.165, 1.54) is 11.8 Å². The van der Waals surface area contributed by atoms with Gasteiger partial charge in [0.1, 0.15) is 6.04 Å². The molecule has 0 spiro atoms. The first-order valence-electron chi connectivity index (χ1n) is 11.8. The van der Waals surface area contributed by atoms with Gasteiger partial charge < -0.3 is 10.2 Å². The normalized spacial score (nSPS) is 11.8. The molecular weight excluding hydrogens is 476 g/mol. The smallest absolute Gasteiger partial charge is 0.243 e. The molecule has 0 heterocycles. The second-order valence-electron chi connectivity index (χ2n) is 8.96. The zero-order valence-corrected chi connectivity index (χ0v) is 22.1. The summed E-state index contributed by atoms with van der Waals surface area (Å²) < 4.78 is 0. The summed E-state index contributed by atoms with van der Waals surface area (Å²) in [5.41, 5.74) is 4.16. The van der Waals surface area contributed by atoms with Crippen molar-refractivity contribution in [1.82, 2.24) is 10.2 Å². The first-order chi connectivity index (χ1) is 16.8. The van der Waals surface area contributed by atoms with Gasteiger partial charge in [0.2, 0.25) is 11.8 Å². The predicted molar refractivity (Wildman–Crippen MR) is 147 cm³/mol. The Labute approximate surface area is 218 Å². The summed E-state index contributed by atoms with van der Waals surface area (Å²) >= 11 is 7.80. The highest BCUT2D eigenvalue weighted by molar-refractivity contribution is 7.99. The molecule has 6 heteroatoms. The molecule has 3 aromatic rings. The topological polar surface area (TPSA) is 49.4 Å². The second kappa shape index (κ2) is 13.4. The molecule has 35 heavy (non-hydrogen) atoms. The Morgan fingerprint density at radius 2 is 1.57 bits per heavy atom. The Bertz CT molecular complexity index is 1100. The number of hydrogen-bond donors (Lipinski definition) is 1. The molecule has 0 aliphatic rings. The fourth-order valence-corrected chi connectivity index (χ4v) is 4.97. The van der Waals surface area contributed by atoms with Crippen LogP contribution in [-0.4, -0.2) is 34.6 Å². The summed E-state index contributed by atoms with van der Waals surface area (Å²) in [5, 5.41) is 3.72. The van der Waals surface area contributed by atoms with E-state index in [4.69, 9.17) is 11.6 Å². The van der Waals surface area contributed by atoms with Crippen LogP contribution >= 0.6 is 23.4 Å². The van der Waals surface area contributed by atoms with E-state index in [1.807, 2.05) is 99.6 Å². The summed E-state index contributed by atoms with van der Waals surface area (Å²) in [6.07, 6.45) is 0.451. The van der Waals surface area contributed by atoms with E-state index in [9.17, 15) is 9.59 Å². The number of thioether (sulfide) groups is 1. The first-order valence-corrected chi connectivity index (χ1v) is 13.4. The molecule has 0 fully saturated rings. The van der Waals surface area contributed by atoms with E-state index < -0.39 is 6.04 Å². The fourth-order valence-electron chi connectivity index (χ4n) is 3.77. The van der Waals surface area contributed by atoms with Gasteiger partial charge in [-0.3, -0.25) is 9.59 Å². The van der Waals surface area contributed by atoms with Gasteiger partial charge in [0.05, 0.1) is 5.75 Å². The van der Waals surface area contributed by atoms with Gasteiger partial charge in [0, 0.05) is 29.8 Å². The lowest BCUT2D eigenvalue weighted by atomic mass is 10.0. The van der Waals surface area contributed by atoms with Crippen LogP contribution in [0.25, 0.3) is 0 Å². The highest BCUT2D eigenvalue weighted by Crippen LogP contribution is 2.22. The number of carbonyl (C=O) groups excluding carboxylic acids is 2. The molecule has 2 amide bonds. The molecule has 0 saturated carbocycles. The van der Waals surface area contributed by atoms with E-state index in [1.54, 1.807) is 4.90 Å². The number of nitrogens with one attached hydrogen (secondary N) is 1. The number of carbonyl (C=O) groups is 2. The Balaban J connectivity index is 1.84. The van der Waals surface area contributed by atoms with Crippen LogP contribution in [0, 0.1) is 6.92 Å². The van der Waals surface area contributed by atoms with Gasteiger partial charge in [0.15, 0.2) is 0 Å². The van der Waals surface area contributed by atoms with E-state index in [-0.39, 0.29) is 23.6 Å². The average molecular weight is 509 g/mol. The van der Waals surface area contributed by atoms with Crippen molar-refractivity contribution in [3.8, 4) is 0 Å². The summed E-state index contributed by atoms with van der Waals surface area (Å²) in [5.74, 6) is 0.686. The third-order valence-corrected chi connectivity index (χ3v) is 6.95. The quantitative estimate of drug-likeness (QED) is 0.343. The summed E-state index contributed by atoms with van der Waals surface area (Å²) in [4.78, 5) is 28.7. The largest absolute Gasteiger partial charge is 0.352 e. The summed E-state index contributed by atoms with van der Waals surface area (Å²) in [7, 11) is 0. The summed E-state index contributed by atoms with van der Waals surface area (Å²) in [6, 6.07) is 25.0. The zero-order chi connectivity index (χ0) is 25.2. The average Bonchev–Trinajstić information content (AvgIpc) is 2.84. The monoisotopic (exact) mass is 508 g/mol. The van der Waals surface area contributed by atoms with Crippen LogP contribution in [0.3, 0.4) is 0 Å². The lowest BCUT2D eigenvalue weighted by molar-refractivity contribution is -0.139. The molecule has 3 aromatic carbocycles. The van der Waals surface area contributed by atoms with Crippen molar-refractivity contribution in [2.75, 3.05) is 5.75 Å². The first kappa shape index (κ1) is 26.8. The highest BCUT2D eigenvalue weighted by atomic mass is 35.5. The molecule has 1 atom stereocenters. The van der Waals surface area contributed by atoms with Crippen LogP contribution in [0.5, 0.6) is 0 Å². The van der Waals surface area contributed by atoms with E-state index in [0.29, 0.717) is 23.7 Å². The van der Waals surface area contributed by atoms with Crippen molar-refractivity contribution >= 4 is 35.2 Å². The fraction of sp³-hybridized carbons (Fsp3) is 0.310. The molecule has 0 aliphatic carbocycles. The molecule has 3 rings (SSSR count). The molecule has 0 bridgehead atoms. The molecule has 0 radical (unpaired) electrons. The van der Waals surface area contributed by atoms with Crippen molar-refractivity contribution in [2.24, 2.45) is 0 Å². The minimum atomic E-state index is -0.616. The Morgan fingerprint density at radius 1 is 0.914 bits per heavy atom. The van der Waals surface area contributed by atoms with Crippen LogP contribution in [0.15, 0.2) is 78.9 Å². The minimum Gasteiger partial charge on any atom is -0.352 e. The van der Waals surface area contributed by atoms with Crippen LogP contribution in [0.2, 0.25) is 5.02 Å². The molecule has 0 aliphatic heterocycles. The van der Waals surface area contributed by atoms with Gasteiger partial charge in [-0.2, -0.15) is 0 Å². The van der Waals surface area contributed by atoms with Crippen LogP contribution in [-0.2, 0) is 28.3 Å². The van der Waals surface area contributed by atoms with Gasteiger partial charge in [-0.1, -0.05) is 90.0 Å². The van der Waals surface area contributed by atoms with Crippen molar-refractivity contribution < 1.29 is 9.59 Å². The Hall–Kier alpha value is -2.76. The van der Waals surface area contributed by atoms with Crippen molar-refractivity contribution in [3.05, 3.63) is 106 Å². The van der Waals surface area contributed by atoms with Gasteiger partial charge in [-0.15, -0.1) is 11.8 Å². The molecule has 0 unspecified atom stereocenters.